The summed E-state index contributed by atoms with van der Waals surface area (Å²) in [5, 5.41) is 3.57. The smallest absolute Gasteiger partial charge is 0.410 e. The van der Waals surface area contributed by atoms with Gasteiger partial charge in [-0.25, -0.2) is 4.79 Å². The summed E-state index contributed by atoms with van der Waals surface area (Å²) >= 11 is 0. The summed E-state index contributed by atoms with van der Waals surface area (Å²) in [6, 6.07) is 6.38. The van der Waals surface area contributed by atoms with E-state index in [2.05, 4.69) is 18.3 Å². The van der Waals surface area contributed by atoms with Gasteiger partial charge in [0.1, 0.15) is 11.4 Å². The Kier molecular flexibility index (Phi) is 5.39. The molecule has 5 nitrogen and oxygen atoms in total. The highest BCUT2D eigenvalue weighted by Gasteiger charge is 2.27. The third-order valence-corrected chi connectivity index (χ3v) is 4.01. The van der Waals surface area contributed by atoms with Crippen LogP contribution >= 0.6 is 0 Å². The number of likely N-dealkylation sites (tertiary alicyclic amines) is 1. The lowest BCUT2D eigenvalue weighted by Gasteiger charge is -2.34. The number of anilines is 1. The molecule has 2 rings (SSSR count). The van der Waals surface area contributed by atoms with E-state index in [0.717, 1.165) is 42.9 Å². The van der Waals surface area contributed by atoms with Crippen LogP contribution in [0.25, 0.3) is 0 Å². The van der Waals surface area contributed by atoms with Crippen LogP contribution in [-0.4, -0.2) is 42.8 Å². The average molecular weight is 320 g/mol. The van der Waals surface area contributed by atoms with Gasteiger partial charge in [0, 0.05) is 30.4 Å². The molecule has 0 bridgehead atoms. The van der Waals surface area contributed by atoms with Gasteiger partial charge in [-0.1, -0.05) is 6.07 Å². The normalized spacial score (nSPS) is 16.1. The predicted octanol–water partition coefficient (Wildman–Crippen LogP) is 3.82. The van der Waals surface area contributed by atoms with Crippen LogP contribution in [0.4, 0.5) is 10.5 Å². The number of methoxy groups -OCH3 is 1. The van der Waals surface area contributed by atoms with Crippen molar-refractivity contribution in [1.29, 1.82) is 0 Å². The number of benzene rings is 1. The molecule has 23 heavy (non-hydrogen) atoms. The summed E-state index contributed by atoms with van der Waals surface area (Å²) in [6.45, 7) is 9.17. The summed E-state index contributed by atoms with van der Waals surface area (Å²) in [5.74, 6) is 0.890. The predicted molar refractivity (Wildman–Crippen MR) is 92.2 cm³/mol. The number of nitrogens with one attached hydrogen (secondary N) is 1. The van der Waals surface area contributed by atoms with E-state index in [1.165, 1.54) is 0 Å². The van der Waals surface area contributed by atoms with Crippen molar-refractivity contribution in [3.8, 4) is 5.75 Å². The highest BCUT2D eigenvalue weighted by Crippen LogP contribution is 2.27. The third kappa shape index (κ3) is 4.78. The van der Waals surface area contributed by atoms with Gasteiger partial charge < -0.3 is 19.7 Å². The Morgan fingerprint density at radius 2 is 1.91 bits per heavy atom. The average Bonchev–Trinajstić information content (AvgIpc) is 2.48. The molecular weight excluding hydrogens is 292 g/mol. The number of piperidine rings is 1. The molecule has 0 aromatic heterocycles. The standard InChI is InChI=1S/C18H28N2O3/c1-13-15(7-6-8-16(13)22-5)19-14-9-11-20(12-10-14)17(21)23-18(2,3)4/h6-8,14,19H,9-12H2,1-5H3. The lowest BCUT2D eigenvalue weighted by molar-refractivity contribution is 0.0210. The summed E-state index contributed by atoms with van der Waals surface area (Å²) in [4.78, 5) is 13.9. The Balaban J connectivity index is 1.89. The first-order chi connectivity index (χ1) is 10.8. The Labute approximate surface area is 139 Å². The van der Waals surface area contributed by atoms with Gasteiger partial charge in [-0.2, -0.15) is 0 Å². The lowest BCUT2D eigenvalue weighted by atomic mass is 10.0. The van der Waals surface area contributed by atoms with Crippen LogP contribution in [0.15, 0.2) is 18.2 Å². The molecule has 128 valence electrons. The number of rotatable bonds is 3. The number of amides is 1. The van der Waals surface area contributed by atoms with Crippen molar-refractivity contribution >= 4 is 11.8 Å². The van der Waals surface area contributed by atoms with Crippen molar-refractivity contribution in [2.24, 2.45) is 0 Å². The van der Waals surface area contributed by atoms with Crippen molar-refractivity contribution in [3.05, 3.63) is 23.8 Å². The van der Waals surface area contributed by atoms with Gasteiger partial charge in [0.15, 0.2) is 0 Å². The van der Waals surface area contributed by atoms with Crippen LogP contribution in [0.2, 0.25) is 0 Å². The molecule has 5 heteroatoms. The highest BCUT2D eigenvalue weighted by molar-refractivity contribution is 5.68. The molecule has 1 amide bonds. The minimum atomic E-state index is -0.441. The van der Waals surface area contributed by atoms with Crippen LogP contribution < -0.4 is 10.1 Å². The van der Waals surface area contributed by atoms with Gasteiger partial charge in [-0.3, -0.25) is 0 Å². The molecule has 0 radical (unpaired) electrons. The zero-order chi connectivity index (χ0) is 17.0. The highest BCUT2D eigenvalue weighted by atomic mass is 16.6. The largest absolute Gasteiger partial charge is 0.496 e. The Morgan fingerprint density at radius 1 is 1.26 bits per heavy atom. The first-order valence-electron chi connectivity index (χ1n) is 8.18. The van der Waals surface area contributed by atoms with Crippen molar-refractivity contribution in [2.75, 3.05) is 25.5 Å². The van der Waals surface area contributed by atoms with E-state index < -0.39 is 5.60 Å². The van der Waals surface area contributed by atoms with Crippen molar-refractivity contribution in [1.82, 2.24) is 4.90 Å². The van der Waals surface area contributed by atoms with Crippen molar-refractivity contribution in [3.63, 3.8) is 0 Å². The van der Waals surface area contributed by atoms with E-state index in [1.54, 1.807) is 12.0 Å². The van der Waals surface area contributed by atoms with E-state index in [4.69, 9.17) is 9.47 Å². The molecule has 1 aliphatic heterocycles. The molecule has 1 heterocycles. The van der Waals surface area contributed by atoms with Crippen LogP contribution in [0, 0.1) is 6.92 Å². The zero-order valence-corrected chi connectivity index (χ0v) is 14.8. The molecule has 1 fully saturated rings. The number of nitrogens with zero attached hydrogens (tertiary/aromatic N) is 1. The number of hydrogen-bond acceptors (Lipinski definition) is 4. The van der Waals surface area contributed by atoms with Crippen LogP contribution in [0.5, 0.6) is 5.75 Å². The zero-order valence-electron chi connectivity index (χ0n) is 14.8. The summed E-state index contributed by atoms with van der Waals surface area (Å²) in [5.41, 5.74) is 1.77. The van der Waals surface area contributed by atoms with Gasteiger partial charge in [0.25, 0.3) is 0 Å². The fraction of sp³-hybridized carbons (Fsp3) is 0.611. The molecule has 1 aliphatic rings. The molecule has 1 aromatic rings. The van der Waals surface area contributed by atoms with E-state index in [9.17, 15) is 4.79 Å². The number of ether oxygens (including phenoxy) is 2. The molecule has 1 aromatic carbocycles. The van der Waals surface area contributed by atoms with Gasteiger partial charge in [-0.15, -0.1) is 0 Å². The van der Waals surface area contributed by atoms with Crippen molar-refractivity contribution < 1.29 is 14.3 Å². The maximum atomic E-state index is 12.1. The molecule has 0 saturated carbocycles. The van der Waals surface area contributed by atoms with E-state index >= 15 is 0 Å². The van der Waals surface area contributed by atoms with Crippen LogP contribution in [0.3, 0.4) is 0 Å². The second-order valence-corrected chi connectivity index (χ2v) is 7.02. The monoisotopic (exact) mass is 320 g/mol. The molecule has 1 N–H and O–H groups in total. The molecule has 0 aliphatic carbocycles. The van der Waals surface area contributed by atoms with Crippen molar-refractivity contribution in [2.45, 2.75) is 52.2 Å². The molecule has 0 unspecified atom stereocenters. The number of carbonyl (C=O) groups is 1. The van der Waals surface area contributed by atoms with E-state index in [1.807, 2.05) is 32.9 Å². The van der Waals surface area contributed by atoms with Gasteiger partial charge in [0.2, 0.25) is 0 Å². The minimum Gasteiger partial charge on any atom is -0.496 e. The maximum absolute atomic E-state index is 12.1. The Morgan fingerprint density at radius 3 is 2.48 bits per heavy atom. The summed E-state index contributed by atoms with van der Waals surface area (Å²) in [6.07, 6.45) is 1.61. The fourth-order valence-electron chi connectivity index (χ4n) is 2.74. The summed E-state index contributed by atoms with van der Waals surface area (Å²) in [7, 11) is 1.69. The number of hydrogen-bond donors (Lipinski definition) is 1. The maximum Gasteiger partial charge on any atom is 0.410 e. The second kappa shape index (κ2) is 7.11. The fourth-order valence-corrected chi connectivity index (χ4v) is 2.74. The first-order valence-corrected chi connectivity index (χ1v) is 8.18. The number of carbonyl (C=O) groups excluding carboxylic acids is 1. The lowest BCUT2D eigenvalue weighted by Crippen LogP contribution is -2.44. The van der Waals surface area contributed by atoms with Gasteiger partial charge in [0.05, 0.1) is 7.11 Å². The van der Waals surface area contributed by atoms with Crippen LogP contribution in [-0.2, 0) is 4.74 Å². The minimum absolute atomic E-state index is 0.214. The molecule has 1 saturated heterocycles. The second-order valence-electron chi connectivity index (χ2n) is 7.02. The summed E-state index contributed by atoms with van der Waals surface area (Å²) < 4.78 is 10.8. The van der Waals surface area contributed by atoms with E-state index in [-0.39, 0.29) is 6.09 Å². The first kappa shape index (κ1) is 17.4. The van der Waals surface area contributed by atoms with E-state index in [0.29, 0.717) is 6.04 Å². The SMILES string of the molecule is COc1cccc(NC2CCN(C(=O)OC(C)(C)C)CC2)c1C. The Hall–Kier alpha value is -1.91. The van der Waals surface area contributed by atoms with Gasteiger partial charge >= 0.3 is 6.09 Å². The Bertz CT molecular complexity index is 544. The van der Waals surface area contributed by atoms with Gasteiger partial charge in [-0.05, 0) is 52.7 Å². The topological polar surface area (TPSA) is 50.8 Å². The molecule has 0 spiro atoms. The van der Waals surface area contributed by atoms with Crippen LogP contribution in [0.1, 0.15) is 39.2 Å². The molecular formula is C18H28N2O3. The third-order valence-electron chi connectivity index (χ3n) is 4.01. The molecule has 0 atom stereocenters. The quantitative estimate of drug-likeness (QED) is 0.920.